The predicted octanol–water partition coefficient (Wildman–Crippen LogP) is 8.35. The van der Waals surface area contributed by atoms with Gasteiger partial charge in [0.05, 0.1) is 19.8 Å². The molecule has 6 unspecified atom stereocenters. The van der Waals surface area contributed by atoms with Crippen molar-refractivity contribution < 1.29 is 56.2 Å². The van der Waals surface area contributed by atoms with E-state index in [1.54, 1.807) is 0 Å². The zero-order valence-electron chi connectivity index (χ0n) is 34.6. The van der Waals surface area contributed by atoms with Gasteiger partial charge in [0.2, 0.25) is 0 Å². The van der Waals surface area contributed by atoms with Crippen LogP contribution in [0.4, 0.5) is 0 Å². The average molecular weight is 827 g/mol. The molecule has 4 N–H and O–H groups in total. The number of aliphatic hydroxyl groups excluding tert-OH is 3. The SMILES string of the molecule is CC/C=C\C/C=C\C/C=C\C/C=C\C/C=C\C/C=C\CCC(=O)OC(COCCCCCCCCCCCCC)COC1OC(CO)C(O)C(OS(=O)(=O)O)C1O. The molecule has 1 saturated heterocycles. The van der Waals surface area contributed by atoms with E-state index in [-0.39, 0.29) is 19.6 Å². The lowest BCUT2D eigenvalue weighted by atomic mass is 9.99. The first kappa shape index (κ1) is 52.6. The van der Waals surface area contributed by atoms with Gasteiger partial charge < -0.3 is 34.3 Å². The highest BCUT2D eigenvalue weighted by atomic mass is 32.3. The van der Waals surface area contributed by atoms with Gasteiger partial charge in [-0.25, -0.2) is 4.18 Å². The highest BCUT2D eigenvalue weighted by Crippen LogP contribution is 2.26. The fourth-order valence-corrected chi connectivity index (χ4v) is 6.44. The molecule has 13 heteroatoms. The summed E-state index contributed by atoms with van der Waals surface area (Å²) in [6.45, 7) is 3.75. The third-order valence-corrected chi connectivity index (χ3v) is 9.57. The van der Waals surface area contributed by atoms with Crippen molar-refractivity contribution in [2.75, 3.05) is 26.4 Å². The minimum Gasteiger partial charge on any atom is -0.457 e. The summed E-state index contributed by atoms with van der Waals surface area (Å²) in [4.78, 5) is 12.8. The second-order valence-corrected chi connectivity index (χ2v) is 15.3. The van der Waals surface area contributed by atoms with Crippen LogP contribution in [-0.2, 0) is 38.3 Å². The van der Waals surface area contributed by atoms with E-state index in [0.717, 1.165) is 57.8 Å². The van der Waals surface area contributed by atoms with Crippen LogP contribution in [0.1, 0.15) is 136 Å². The van der Waals surface area contributed by atoms with Crippen molar-refractivity contribution in [3.63, 3.8) is 0 Å². The summed E-state index contributed by atoms with van der Waals surface area (Å²) in [5.41, 5.74) is 0. The molecule has 12 nitrogen and oxygen atoms in total. The van der Waals surface area contributed by atoms with Gasteiger partial charge >= 0.3 is 16.4 Å². The second-order valence-electron chi connectivity index (χ2n) is 14.2. The number of hydrogen-bond donors (Lipinski definition) is 4. The number of aliphatic hydroxyl groups is 3. The molecule has 1 aliphatic heterocycles. The van der Waals surface area contributed by atoms with Gasteiger partial charge in [-0.2, -0.15) is 8.42 Å². The van der Waals surface area contributed by atoms with E-state index in [2.05, 4.69) is 78.8 Å². The quantitative estimate of drug-likeness (QED) is 0.0208. The lowest BCUT2D eigenvalue weighted by molar-refractivity contribution is -0.301. The van der Waals surface area contributed by atoms with Gasteiger partial charge in [0, 0.05) is 13.0 Å². The van der Waals surface area contributed by atoms with Gasteiger partial charge in [-0.3, -0.25) is 9.35 Å². The van der Waals surface area contributed by atoms with Gasteiger partial charge in [0.15, 0.2) is 6.29 Å². The lowest BCUT2D eigenvalue weighted by Gasteiger charge is -2.41. The molecule has 0 radical (unpaired) electrons. The summed E-state index contributed by atoms with van der Waals surface area (Å²) in [7, 11) is -5.07. The standard InChI is InChI=1S/C44H74O12S/c1-3-5-7-9-11-13-15-16-17-18-19-20-21-22-23-25-27-29-31-33-40(46)54-38(36-52-34-32-30-28-26-24-14-12-10-8-6-4-2)37-53-44-42(48)43(56-57(49,50)51)41(47)39(35-45)55-44/h5,7,11,13,16-17,19-20,22-23,27,29,38-39,41-45,47-48H,3-4,6,8-10,12,14-15,18,21,24-26,28,30-37H2,1-2H3,(H,49,50,51)/b7-5-,13-11-,17-16-,20-19-,23-22-,29-27-. The van der Waals surface area contributed by atoms with Crippen LogP contribution < -0.4 is 0 Å². The summed E-state index contributed by atoms with van der Waals surface area (Å²) < 4.78 is 58.8. The molecular formula is C44H74O12S. The number of carbonyl (C=O) groups is 1. The van der Waals surface area contributed by atoms with Crippen LogP contribution in [-0.4, -0.2) is 97.5 Å². The fourth-order valence-electron chi connectivity index (χ4n) is 5.93. The van der Waals surface area contributed by atoms with Gasteiger partial charge in [0.25, 0.3) is 0 Å². The van der Waals surface area contributed by atoms with Gasteiger partial charge in [-0.1, -0.05) is 151 Å². The molecule has 0 aliphatic carbocycles. The van der Waals surface area contributed by atoms with Crippen LogP contribution in [0.2, 0.25) is 0 Å². The summed E-state index contributed by atoms with van der Waals surface area (Å²) in [5, 5.41) is 30.6. The van der Waals surface area contributed by atoms with Crippen molar-refractivity contribution in [2.24, 2.45) is 0 Å². The van der Waals surface area contributed by atoms with E-state index in [1.165, 1.54) is 51.4 Å². The van der Waals surface area contributed by atoms with E-state index >= 15 is 0 Å². The largest absolute Gasteiger partial charge is 0.457 e. The lowest BCUT2D eigenvalue weighted by Crippen LogP contribution is -2.60. The van der Waals surface area contributed by atoms with Crippen LogP contribution in [0, 0.1) is 0 Å². The van der Waals surface area contributed by atoms with Crippen LogP contribution in [0.5, 0.6) is 0 Å². The number of unbranched alkanes of at least 4 members (excludes halogenated alkanes) is 10. The smallest absolute Gasteiger partial charge is 0.397 e. The third-order valence-electron chi connectivity index (χ3n) is 9.11. The average Bonchev–Trinajstić information content (AvgIpc) is 3.18. The highest BCUT2D eigenvalue weighted by Gasteiger charge is 2.48. The van der Waals surface area contributed by atoms with Crippen molar-refractivity contribution in [3.05, 3.63) is 72.9 Å². The Hall–Kier alpha value is -2.46. The molecule has 328 valence electrons. The van der Waals surface area contributed by atoms with E-state index < -0.39 is 59.8 Å². The van der Waals surface area contributed by atoms with E-state index in [9.17, 15) is 28.5 Å². The Kier molecular flexibility index (Phi) is 32.7. The molecule has 0 bridgehead atoms. The zero-order chi connectivity index (χ0) is 41.8. The first-order valence-corrected chi connectivity index (χ1v) is 22.6. The Morgan fingerprint density at radius 1 is 0.684 bits per heavy atom. The monoisotopic (exact) mass is 826 g/mol. The van der Waals surface area contributed by atoms with E-state index in [4.69, 9.17) is 23.5 Å². The molecule has 0 spiro atoms. The normalized spacial score (nSPS) is 21.4. The first-order valence-electron chi connectivity index (χ1n) is 21.2. The fraction of sp³-hybridized carbons (Fsp3) is 0.705. The van der Waals surface area contributed by atoms with E-state index in [0.29, 0.717) is 13.0 Å². The Bertz CT molecular complexity index is 1280. The Morgan fingerprint density at radius 2 is 1.18 bits per heavy atom. The van der Waals surface area contributed by atoms with Crippen LogP contribution in [0.25, 0.3) is 0 Å². The topological polar surface area (TPSA) is 178 Å². The van der Waals surface area contributed by atoms with E-state index in [1.807, 2.05) is 12.2 Å². The highest BCUT2D eigenvalue weighted by molar-refractivity contribution is 7.80. The van der Waals surface area contributed by atoms with Gasteiger partial charge in [0.1, 0.15) is 30.5 Å². The Balaban J connectivity index is 2.52. The molecular weight excluding hydrogens is 753 g/mol. The first-order chi connectivity index (χ1) is 27.6. The number of allylic oxidation sites excluding steroid dienone is 12. The zero-order valence-corrected chi connectivity index (χ0v) is 35.4. The molecule has 1 fully saturated rings. The maximum atomic E-state index is 12.8. The number of rotatable bonds is 35. The van der Waals surface area contributed by atoms with Crippen LogP contribution in [0.3, 0.4) is 0 Å². The van der Waals surface area contributed by atoms with Crippen molar-refractivity contribution in [2.45, 2.75) is 173 Å². The molecule has 0 saturated carbocycles. The predicted molar refractivity (Wildman–Crippen MR) is 225 cm³/mol. The Labute approximate surface area is 343 Å². The number of ether oxygens (including phenoxy) is 4. The molecule has 0 aromatic heterocycles. The number of hydrogen-bond acceptors (Lipinski definition) is 11. The van der Waals surface area contributed by atoms with Crippen molar-refractivity contribution >= 4 is 16.4 Å². The van der Waals surface area contributed by atoms with Gasteiger partial charge in [-0.15, -0.1) is 0 Å². The molecule has 0 amide bonds. The molecule has 0 aromatic carbocycles. The summed E-state index contributed by atoms with van der Waals surface area (Å²) in [6.07, 6.45) is 35.2. The maximum absolute atomic E-state index is 12.8. The summed E-state index contributed by atoms with van der Waals surface area (Å²) >= 11 is 0. The molecule has 0 aromatic rings. The van der Waals surface area contributed by atoms with Gasteiger partial charge in [-0.05, 0) is 51.4 Å². The van der Waals surface area contributed by atoms with Crippen molar-refractivity contribution in [1.29, 1.82) is 0 Å². The van der Waals surface area contributed by atoms with Crippen molar-refractivity contribution in [3.8, 4) is 0 Å². The Morgan fingerprint density at radius 3 is 1.67 bits per heavy atom. The summed E-state index contributed by atoms with van der Waals surface area (Å²) in [6, 6.07) is 0. The van der Waals surface area contributed by atoms with Crippen LogP contribution >= 0.6 is 0 Å². The van der Waals surface area contributed by atoms with Crippen molar-refractivity contribution in [1.82, 2.24) is 0 Å². The molecule has 1 rings (SSSR count). The number of carbonyl (C=O) groups excluding carboxylic acids is 1. The minimum atomic E-state index is -5.07. The molecule has 1 aliphatic rings. The third kappa shape index (κ3) is 29.4. The summed E-state index contributed by atoms with van der Waals surface area (Å²) in [5.74, 6) is -0.484. The molecule has 1 heterocycles. The van der Waals surface area contributed by atoms with Crippen LogP contribution in [0.15, 0.2) is 72.9 Å². The molecule has 6 atom stereocenters. The minimum absolute atomic E-state index is 0.00320. The molecule has 57 heavy (non-hydrogen) atoms. The second kappa shape index (κ2) is 35.5. The maximum Gasteiger partial charge on any atom is 0.397 e. The number of esters is 1.